The second-order valence-corrected chi connectivity index (χ2v) is 5.27. The number of benzene rings is 1. The molecule has 0 radical (unpaired) electrons. The van der Waals surface area contributed by atoms with E-state index >= 15 is 0 Å². The molecule has 1 N–H and O–H groups in total. The van der Waals surface area contributed by atoms with E-state index < -0.39 is 11.4 Å². The molecule has 100 valence electrons. The molecular formula is C13H17ClFNO2. The average molecular weight is 274 g/mol. The lowest BCUT2D eigenvalue weighted by Gasteiger charge is -2.19. The molecule has 0 aliphatic heterocycles. The van der Waals surface area contributed by atoms with E-state index in [1.54, 1.807) is 26.8 Å². The molecule has 0 fully saturated rings. The summed E-state index contributed by atoms with van der Waals surface area (Å²) in [5, 5.41) is 3.08. The Labute approximate surface area is 111 Å². The molecule has 3 nitrogen and oxygen atoms in total. The van der Waals surface area contributed by atoms with Crippen LogP contribution in [0, 0.1) is 5.82 Å². The minimum Gasteiger partial charge on any atom is -0.460 e. The van der Waals surface area contributed by atoms with E-state index in [2.05, 4.69) is 5.32 Å². The van der Waals surface area contributed by atoms with E-state index in [-0.39, 0.29) is 24.6 Å². The van der Waals surface area contributed by atoms with Crippen molar-refractivity contribution in [2.24, 2.45) is 0 Å². The summed E-state index contributed by atoms with van der Waals surface area (Å²) in [4.78, 5) is 11.4. The van der Waals surface area contributed by atoms with Gasteiger partial charge in [-0.05, 0) is 32.9 Å². The monoisotopic (exact) mass is 273 g/mol. The van der Waals surface area contributed by atoms with Gasteiger partial charge >= 0.3 is 5.97 Å². The van der Waals surface area contributed by atoms with Gasteiger partial charge in [0.2, 0.25) is 0 Å². The van der Waals surface area contributed by atoms with E-state index in [0.29, 0.717) is 5.02 Å². The highest BCUT2D eigenvalue weighted by molar-refractivity contribution is 6.33. The summed E-state index contributed by atoms with van der Waals surface area (Å²) in [5.74, 6) is -0.769. The standard InChI is InChI=1S/C13H17ClFNO2/c1-13(2,3)18-11(17)7-8-16-12-9(14)5-4-6-10(12)15/h4-6,16H,7-8H2,1-3H3. The van der Waals surface area contributed by atoms with Crippen LogP contribution in [-0.2, 0) is 9.53 Å². The van der Waals surface area contributed by atoms with Crippen molar-refractivity contribution in [1.29, 1.82) is 0 Å². The van der Waals surface area contributed by atoms with Crippen molar-refractivity contribution in [3.05, 3.63) is 29.0 Å². The Morgan fingerprint density at radius 3 is 2.67 bits per heavy atom. The van der Waals surface area contributed by atoms with Crippen molar-refractivity contribution in [3.8, 4) is 0 Å². The SMILES string of the molecule is CC(C)(C)OC(=O)CCNc1c(F)cccc1Cl. The molecule has 0 bridgehead atoms. The second kappa shape index (κ2) is 6.05. The number of para-hydroxylation sites is 1. The molecule has 0 saturated carbocycles. The average Bonchev–Trinajstić information content (AvgIpc) is 2.19. The number of esters is 1. The van der Waals surface area contributed by atoms with Gasteiger partial charge in [0.1, 0.15) is 11.4 Å². The van der Waals surface area contributed by atoms with Crippen LogP contribution in [-0.4, -0.2) is 18.1 Å². The van der Waals surface area contributed by atoms with Crippen LogP contribution < -0.4 is 5.32 Å². The Kier molecular flexibility index (Phi) is 4.96. The normalized spacial score (nSPS) is 11.2. The third-order valence-electron chi connectivity index (χ3n) is 2.01. The third kappa shape index (κ3) is 4.92. The molecule has 0 atom stereocenters. The highest BCUT2D eigenvalue weighted by atomic mass is 35.5. The molecule has 0 aliphatic carbocycles. The van der Waals surface area contributed by atoms with Gasteiger partial charge in [-0.1, -0.05) is 17.7 Å². The number of anilines is 1. The first-order valence-electron chi connectivity index (χ1n) is 5.69. The summed E-state index contributed by atoms with van der Waals surface area (Å²) in [6, 6.07) is 4.42. The van der Waals surface area contributed by atoms with Crippen LogP contribution in [0.1, 0.15) is 27.2 Å². The Bertz CT molecular complexity index is 409. The quantitative estimate of drug-likeness (QED) is 0.852. The van der Waals surface area contributed by atoms with Gasteiger partial charge < -0.3 is 10.1 Å². The molecule has 18 heavy (non-hydrogen) atoms. The van der Waals surface area contributed by atoms with Crippen LogP contribution in [0.25, 0.3) is 0 Å². The first-order valence-corrected chi connectivity index (χ1v) is 6.07. The van der Waals surface area contributed by atoms with Crippen molar-refractivity contribution in [1.82, 2.24) is 0 Å². The van der Waals surface area contributed by atoms with Gasteiger partial charge in [-0.15, -0.1) is 0 Å². The molecule has 1 aromatic rings. The highest BCUT2D eigenvalue weighted by Crippen LogP contribution is 2.24. The van der Waals surface area contributed by atoms with E-state index in [9.17, 15) is 9.18 Å². The number of ether oxygens (including phenoxy) is 1. The molecule has 1 aromatic carbocycles. The summed E-state index contributed by atoms with van der Waals surface area (Å²) in [6.07, 6.45) is 0.155. The molecule has 0 aromatic heterocycles. The van der Waals surface area contributed by atoms with Crippen molar-refractivity contribution in [2.45, 2.75) is 32.8 Å². The van der Waals surface area contributed by atoms with E-state index in [4.69, 9.17) is 16.3 Å². The molecular weight excluding hydrogens is 257 g/mol. The van der Waals surface area contributed by atoms with Crippen molar-refractivity contribution in [2.75, 3.05) is 11.9 Å². The molecule has 5 heteroatoms. The van der Waals surface area contributed by atoms with Gasteiger partial charge in [0, 0.05) is 6.54 Å². The number of hydrogen-bond donors (Lipinski definition) is 1. The van der Waals surface area contributed by atoms with Gasteiger partial charge in [0.05, 0.1) is 17.1 Å². The van der Waals surface area contributed by atoms with Crippen molar-refractivity contribution < 1.29 is 13.9 Å². The summed E-state index contributed by atoms with van der Waals surface area (Å²) in [6.45, 7) is 5.67. The van der Waals surface area contributed by atoms with E-state index in [0.717, 1.165) is 0 Å². The van der Waals surface area contributed by atoms with E-state index in [1.165, 1.54) is 12.1 Å². The zero-order valence-electron chi connectivity index (χ0n) is 10.7. The molecule has 0 spiro atoms. The fraction of sp³-hybridized carbons (Fsp3) is 0.462. The third-order valence-corrected chi connectivity index (χ3v) is 2.33. The van der Waals surface area contributed by atoms with Gasteiger partial charge in [-0.3, -0.25) is 4.79 Å². The summed E-state index contributed by atoms with van der Waals surface area (Å²) < 4.78 is 18.5. The molecule has 0 unspecified atom stereocenters. The fourth-order valence-corrected chi connectivity index (χ4v) is 1.58. The maximum Gasteiger partial charge on any atom is 0.308 e. The van der Waals surface area contributed by atoms with Crippen LogP contribution in [0.3, 0.4) is 0 Å². The minimum atomic E-state index is -0.507. The largest absolute Gasteiger partial charge is 0.460 e. The molecule has 0 aliphatic rings. The summed E-state index contributed by atoms with van der Waals surface area (Å²) in [7, 11) is 0. The number of nitrogens with one attached hydrogen (secondary N) is 1. The smallest absolute Gasteiger partial charge is 0.308 e. The predicted molar refractivity (Wildman–Crippen MR) is 70.4 cm³/mol. The van der Waals surface area contributed by atoms with Crippen LogP contribution in [0.2, 0.25) is 5.02 Å². The van der Waals surface area contributed by atoms with Gasteiger partial charge in [-0.25, -0.2) is 4.39 Å². The van der Waals surface area contributed by atoms with Gasteiger partial charge in [-0.2, -0.15) is 0 Å². The predicted octanol–water partition coefficient (Wildman–Crippen LogP) is 3.62. The fourth-order valence-electron chi connectivity index (χ4n) is 1.35. The number of hydrogen-bond acceptors (Lipinski definition) is 3. The second-order valence-electron chi connectivity index (χ2n) is 4.86. The summed E-state index contributed by atoms with van der Waals surface area (Å²) in [5.41, 5.74) is -0.296. The molecule has 0 amide bonds. The summed E-state index contributed by atoms with van der Waals surface area (Å²) >= 11 is 5.83. The lowest BCUT2D eigenvalue weighted by atomic mass is 10.2. The van der Waals surface area contributed by atoms with Crippen LogP contribution in [0.15, 0.2) is 18.2 Å². The Morgan fingerprint density at radius 2 is 2.11 bits per heavy atom. The van der Waals surface area contributed by atoms with Crippen LogP contribution in [0.4, 0.5) is 10.1 Å². The maximum absolute atomic E-state index is 13.4. The zero-order valence-corrected chi connectivity index (χ0v) is 11.5. The highest BCUT2D eigenvalue weighted by Gasteiger charge is 2.16. The maximum atomic E-state index is 13.4. The van der Waals surface area contributed by atoms with E-state index in [1.807, 2.05) is 0 Å². The molecule has 1 rings (SSSR count). The lowest BCUT2D eigenvalue weighted by molar-refractivity contribution is -0.154. The van der Waals surface area contributed by atoms with Crippen LogP contribution >= 0.6 is 11.6 Å². The molecule has 0 saturated heterocycles. The van der Waals surface area contributed by atoms with Gasteiger partial charge in [0.25, 0.3) is 0 Å². The first-order chi connectivity index (χ1) is 8.29. The van der Waals surface area contributed by atoms with Crippen molar-refractivity contribution >= 4 is 23.3 Å². The number of carbonyl (C=O) groups excluding carboxylic acids is 1. The Balaban J connectivity index is 2.45. The van der Waals surface area contributed by atoms with Crippen molar-refractivity contribution in [3.63, 3.8) is 0 Å². The molecule has 0 heterocycles. The lowest BCUT2D eigenvalue weighted by Crippen LogP contribution is -2.25. The number of rotatable bonds is 4. The number of carbonyl (C=O) groups is 1. The minimum absolute atomic E-state index is 0.155. The Hall–Kier alpha value is -1.29. The van der Waals surface area contributed by atoms with Gasteiger partial charge in [0.15, 0.2) is 0 Å². The van der Waals surface area contributed by atoms with Crippen LogP contribution in [0.5, 0.6) is 0 Å². The topological polar surface area (TPSA) is 38.3 Å². The zero-order chi connectivity index (χ0) is 13.8. The first kappa shape index (κ1) is 14.8. The number of halogens is 2. The Morgan fingerprint density at radius 1 is 1.44 bits per heavy atom.